The zero-order valence-electron chi connectivity index (χ0n) is 19.2. The van der Waals surface area contributed by atoms with Gasteiger partial charge >= 0.3 is 0 Å². The fourth-order valence-electron chi connectivity index (χ4n) is 4.57. The quantitative estimate of drug-likeness (QED) is 0.403. The molecule has 1 heterocycles. The Morgan fingerprint density at radius 2 is 1.56 bits per heavy atom. The fraction of sp³-hybridized carbons (Fsp3) is 0.333. The average molecular weight is 426 g/mol. The molecule has 3 aromatic rings. The number of piperidine rings is 1. The summed E-state index contributed by atoms with van der Waals surface area (Å²) in [6.07, 6.45) is 7.12. The molecule has 0 aliphatic carbocycles. The molecule has 1 saturated heterocycles. The third kappa shape index (κ3) is 6.58. The van der Waals surface area contributed by atoms with E-state index in [0.29, 0.717) is 5.92 Å². The number of allylic oxidation sites excluding steroid dienone is 2. The van der Waals surface area contributed by atoms with Crippen molar-refractivity contribution in [2.45, 2.75) is 38.5 Å². The van der Waals surface area contributed by atoms with Crippen LogP contribution >= 0.6 is 0 Å². The van der Waals surface area contributed by atoms with Crippen LogP contribution in [0.2, 0.25) is 0 Å². The zero-order valence-corrected chi connectivity index (χ0v) is 19.2. The van der Waals surface area contributed by atoms with Crippen molar-refractivity contribution in [1.29, 1.82) is 0 Å². The molecule has 1 aliphatic rings. The minimum Gasteiger partial charge on any atom is -0.494 e. The number of hydrogen-bond donors (Lipinski definition) is 1. The molecule has 1 unspecified atom stereocenters. The topological polar surface area (TPSA) is 21.3 Å². The summed E-state index contributed by atoms with van der Waals surface area (Å²) in [7, 11) is 0. The third-order valence-electron chi connectivity index (χ3n) is 6.54. The number of benzene rings is 3. The lowest BCUT2D eigenvalue weighted by Crippen LogP contribution is -2.28. The predicted octanol–water partition coefficient (Wildman–Crippen LogP) is 6.88. The first-order valence-electron chi connectivity index (χ1n) is 12.0. The van der Waals surface area contributed by atoms with Gasteiger partial charge in [0.05, 0.1) is 6.61 Å². The van der Waals surface area contributed by atoms with Gasteiger partial charge in [0.1, 0.15) is 5.75 Å². The van der Waals surface area contributed by atoms with Gasteiger partial charge in [0.25, 0.3) is 0 Å². The fourth-order valence-corrected chi connectivity index (χ4v) is 4.57. The van der Waals surface area contributed by atoms with Gasteiger partial charge < -0.3 is 10.1 Å². The summed E-state index contributed by atoms with van der Waals surface area (Å²) < 4.78 is 6.03. The van der Waals surface area contributed by atoms with Crippen LogP contribution in [0.1, 0.15) is 48.8 Å². The van der Waals surface area contributed by atoms with Gasteiger partial charge in [-0.15, -0.1) is 0 Å². The van der Waals surface area contributed by atoms with Gasteiger partial charge in [-0.05, 0) is 86.0 Å². The molecule has 1 atom stereocenters. The third-order valence-corrected chi connectivity index (χ3v) is 6.54. The number of ether oxygens (including phenoxy) is 1. The maximum atomic E-state index is 6.03. The van der Waals surface area contributed by atoms with Crippen LogP contribution in [-0.4, -0.2) is 19.7 Å². The van der Waals surface area contributed by atoms with E-state index in [1.165, 1.54) is 35.1 Å². The molecule has 166 valence electrons. The van der Waals surface area contributed by atoms with Gasteiger partial charge in [0.2, 0.25) is 0 Å². The Bertz CT molecular complexity index is 957. The molecule has 32 heavy (non-hydrogen) atoms. The lowest BCUT2D eigenvalue weighted by Gasteiger charge is -2.22. The highest BCUT2D eigenvalue weighted by Crippen LogP contribution is 2.28. The van der Waals surface area contributed by atoms with Crippen molar-refractivity contribution in [3.05, 3.63) is 108 Å². The molecule has 0 saturated carbocycles. The van der Waals surface area contributed by atoms with Crippen molar-refractivity contribution in [2.24, 2.45) is 5.92 Å². The van der Waals surface area contributed by atoms with Crippen molar-refractivity contribution in [3.63, 3.8) is 0 Å². The monoisotopic (exact) mass is 425 g/mol. The van der Waals surface area contributed by atoms with Gasteiger partial charge in [0, 0.05) is 5.92 Å². The maximum absolute atomic E-state index is 6.03. The molecule has 0 radical (unpaired) electrons. The highest BCUT2D eigenvalue weighted by Gasteiger charge is 2.13. The molecular weight excluding hydrogens is 390 g/mol. The van der Waals surface area contributed by atoms with Crippen molar-refractivity contribution in [3.8, 4) is 5.75 Å². The second-order valence-electron chi connectivity index (χ2n) is 8.91. The summed E-state index contributed by atoms with van der Waals surface area (Å²) in [5.74, 6) is 2.12. The minimum absolute atomic E-state index is 0.347. The largest absolute Gasteiger partial charge is 0.494 e. The molecule has 4 rings (SSSR count). The Morgan fingerprint density at radius 3 is 2.25 bits per heavy atom. The molecule has 1 aliphatic heterocycles. The van der Waals surface area contributed by atoms with Crippen molar-refractivity contribution in [1.82, 2.24) is 5.32 Å². The van der Waals surface area contributed by atoms with Crippen LogP contribution in [-0.2, 0) is 6.42 Å². The summed E-state index contributed by atoms with van der Waals surface area (Å²) in [6, 6.07) is 30.2. The summed E-state index contributed by atoms with van der Waals surface area (Å²) in [4.78, 5) is 0. The smallest absolute Gasteiger partial charge is 0.119 e. The van der Waals surface area contributed by atoms with E-state index in [4.69, 9.17) is 4.74 Å². The van der Waals surface area contributed by atoms with Gasteiger partial charge in [0.15, 0.2) is 0 Å². The Hall–Kier alpha value is -2.84. The first kappa shape index (κ1) is 22.4. The number of nitrogens with one attached hydrogen (secondary N) is 1. The summed E-state index contributed by atoms with van der Waals surface area (Å²) in [5.41, 5.74) is 5.28. The van der Waals surface area contributed by atoms with Gasteiger partial charge in [-0.1, -0.05) is 78.9 Å². The molecule has 0 bridgehead atoms. The minimum atomic E-state index is 0.347. The maximum Gasteiger partial charge on any atom is 0.119 e. The molecule has 3 aromatic carbocycles. The van der Waals surface area contributed by atoms with Crippen LogP contribution in [0, 0.1) is 5.92 Å². The van der Waals surface area contributed by atoms with E-state index in [0.717, 1.165) is 44.2 Å². The van der Waals surface area contributed by atoms with E-state index in [9.17, 15) is 0 Å². The first-order chi connectivity index (χ1) is 15.8. The van der Waals surface area contributed by atoms with Crippen molar-refractivity contribution in [2.75, 3.05) is 19.7 Å². The number of rotatable bonds is 9. The van der Waals surface area contributed by atoms with Crippen LogP contribution in [0.5, 0.6) is 5.75 Å². The van der Waals surface area contributed by atoms with Gasteiger partial charge in [-0.2, -0.15) is 0 Å². The Morgan fingerprint density at radius 1 is 0.906 bits per heavy atom. The van der Waals surface area contributed by atoms with E-state index in [1.54, 1.807) is 0 Å². The second-order valence-corrected chi connectivity index (χ2v) is 8.91. The second kappa shape index (κ2) is 11.7. The van der Waals surface area contributed by atoms with Crippen LogP contribution in [0.4, 0.5) is 0 Å². The molecule has 2 heteroatoms. The van der Waals surface area contributed by atoms with E-state index in [-0.39, 0.29) is 0 Å². The molecule has 1 N–H and O–H groups in total. The van der Waals surface area contributed by atoms with Gasteiger partial charge in [-0.25, -0.2) is 0 Å². The Labute approximate surface area is 193 Å². The standard InChI is InChI=1S/C30H35NO/c1-24(22-29(28-10-6-3-7-11-28)23-26-8-4-2-5-9-26)27-12-14-30(15-13-27)32-21-18-25-16-19-31-20-17-25/h2-15,22,25,29,31H,16-21,23H2,1H3. The summed E-state index contributed by atoms with van der Waals surface area (Å²) >= 11 is 0. The van der Waals surface area contributed by atoms with Crippen molar-refractivity contribution >= 4 is 5.57 Å². The zero-order chi connectivity index (χ0) is 22.0. The normalized spacial score (nSPS) is 16.0. The molecule has 2 nitrogen and oxygen atoms in total. The highest BCUT2D eigenvalue weighted by atomic mass is 16.5. The van der Waals surface area contributed by atoms with E-state index in [1.807, 2.05) is 0 Å². The molecule has 1 fully saturated rings. The Balaban J connectivity index is 1.41. The highest BCUT2D eigenvalue weighted by molar-refractivity contribution is 5.65. The Kier molecular flexibility index (Phi) is 8.17. The predicted molar refractivity (Wildman–Crippen MR) is 135 cm³/mol. The lowest BCUT2D eigenvalue weighted by molar-refractivity contribution is 0.252. The van der Waals surface area contributed by atoms with E-state index in [2.05, 4.69) is 103 Å². The number of hydrogen-bond acceptors (Lipinski definition) is 2. The average Bonchev–Trinajstić information content (AvgIpc) is 2.86. The SMILES string of the molecule is CC(=CC(Cc1ccccc1)c1ccccc1)c1ccc(OCCC2CCNCC2)cc1. The lowest BCUT2D eigenvalue weighted by atomic mass is 9.89. The van der Waals surface area contributed by atoms with Gasteiger partial charge in [-0.3, -0.25) is 0 Å². The van der Waals surface area contributed by atoms with Crippen LogP contribution in [0.15, 0.2) is 91.0 Å². The van der Waals surface area contributed by atoms with E-state index >= 15 is 0 Å². The first-order valence-corrected chi connectivity index (χ1v) is 12.0. The summed E-state index contributed by atoms with van der Waals surface area (Å²) in [5, 5.41) is 3.43. The van der Waals surface area contributed by atoms with Crippen molar-refractivity contribution < 1.29 is 4.74 Å². The molecule has 0 amide bonds. The van der Waals surface area contributed by atoms with E-state index < -0.39 is 0 Å². The van der Waals surface area contributed by atoms with Crippen LogP contribution in [0.25, 0.3) is 5.57 Å². The summed E-state index contributed by atoms with van der Waals surface area (Å²) in [6.45, 7) is 5.33. The molecular formula is C30H35NO. The van der Waals surface area contributed by atoms with Crippen LogP contribution < -0.4 is 10.1 Å². The van der Waals surface area contributed by atoms with Crippen LogP contribution in [0.3, 0.4) is 0 Å². The molecule has 0 aromatic heterocycles. The molecule has 0 spiro atoms.